The van der Waals surface area contributed by atoms with Gasteiger partial charge in [0.2, 0.25) is 0 Å². The van der Waals surface area contributed by atoms with Crippen LogP contribution in [0.25, 0.3) is 0 Å². The molecule has 0 aromatic carbocycles. The zero-order chi connectivity index (χ0) is 8.27. The van der Waals surface area contributed by atoms with Crippen molar-refractivity contribution in [2.45, 2.75) is 12.8 Å². The lowest BCUT2D eigenvalue weighted by Crippen LogP contribution is -1.93. The predicted octanol–water partition coefficient (Wildman–Crippen LogP) is 1.85. The van der Waals surface area contributed by atoms with Gasteiger partial charge < -0.3 is 0 Å². The number of nitriles is 1. The van der Waals surface area contributed by atoms with Crippen LogP contribution in [-0.2, 0) is 0 Å². The van der Waals surface area contributed by atoms with Crippen LogP contribution in [0, 0.1) is 17.1 Å². The largest absolute Gasteiger partial charge is 0.260 e. The summed E-state index contributed by atoms with van der Waals surface area (Å²) in [6, 6.07) is 4.51. The van der Waals surface area contributed by atoms with Crippen molar-refractivity contribution in [2.24, 2.45) is 0 Å². The molecule has 0 aliphatic carbocycles. The Morgan fingerprint density at radius 3 is 3.00 bits per heavy atom. The van der Waals surface area contributed by atoms with Crippen LogP contribution in [0.4, 0.5) is 4.39 Å². The summed E-state index contributed by atoms with van der Waals surface area (Å²) in [5, 5.41) is 8.47. The fourth-order valence-electron chi connectivity index (χ4n) is 0.724. The average molecular weight is 150 g/mol. The van der Waals surface area contributed by atoms with Crippen LogP contribution in [0.2, 0.25) is 0 Å². The first kappa shape index (κ1) is 7.67. The Bertz CT molecular complexity index is 290. The zero-order valence-electron chi connectivity index (χ0n) is 6.08. The van der Waals surface area contributed by atoms with Crippen LogP contribution in [0.5, 0.6) is 0 Å². The van der Waals surface area contributed by atoms with E-state index in [1.807, 2.05) is 6.07 Å². The van der Waals surface area contributed by atoms with Crippen molar-refractivity contribution >= 4 is 0 Å². The molecule has 1 rings (SSSR count). The highest BCUT2D eigenvalue weighted by molar-refractivity contribution is 5.15. The molecular formula is C8H7FN2. The second kappa shape index (κ2) is 3.11. The van der Waals surface area contributed by atoms with Gasteiger partial charge in [0.1, 0.15) is 5.82 Å². The third-order valence-electron chi connectivity index (χ3n) is 1.38. The number of rotatable bonds is 1. The third-order valence-corrected chi connectivity index (χ3v) is 1.38. The molecule has 0 aliphatic rings. The van der Waals surface area contributed by atoms with Crippen molar-refractivity contribution in [1.82, 2.24) is 4.98 Å². The third kappa shape index (κ3) is 1.74. The standard InChI is InChI=1S/C8H7FN2/c1-6(5-10)8-4-7(9)2-3-11-8/h2-4,6H,1H3. The van der Waals surface area contributed by atoms with Crippen LogP contribution >= 0.6 is 0 Å². The van der Waals surface area contributed by atoms with E-state index in [-0.39, 0.29) is 11.7 Å². The molecule has 1 heterocycles. The molecule has 0 saturated carbocycles. The van der Waals surface area contributed by atoms with E-state index < -0.39 is 0 Å². The molecule has 0 radical (unpaired) electrons. The fourth-order valence-corrected chi connectivity index (χ4v) is 0.724. The maximum atomic E-state index is 12.5. The Kier molecular flexibility index (Phi) is 2.17. The monoisotopic (exact) mass is 150 g/mol. The molecule has 56 valence electrons. The fraction of sp³-hybridized carbons (Fsp3) is 0.250. The van der Waals surface area contributed by atoms with Crippen molar-refractivity contribution in [3.05, 3.63) is 29.8 Å². The van der Waals surface area contributed by atoms with Crippen LogP contribution in [-0.4, -0.2) is 4.98 Å². The lowest BCUT2D eigenvalue weighted by atomic mass is 10.1. The van der Waals surface area contributed by atoms with E-state index in [1.54, 1.807) is 6.92 Å². The van der Waals surface area contributed by atoms with Crippen molar-refractivity contribution in [3.63, 3.8) is 0 Å². The second-order valence-electron chi connectivity index (χ2n) is 2.25. The molecular weight excluding hydrogens is 143 g/mol. The van der Waals surface area contributed by atoms with Crippen molar-refractivity contribution in [2.75, 3.05) is 0 Å². The minimum atomic E-state index is -0.350. The van der Waals surface area contributed by atoms with Gasteiger partial charge in [0.15, 0.2) is 0 Å². The Labute approximate surface area is 64.3 Å². The van der Waals surface area contributed by atoms with Gasteiger partial charge in [0.05, 0.1) is 17.7 Å². The number of hydrogen-bond acceptors (Lipinski definition) is 2. The van der Waals surface area contributed by atoms with Crippen LogP contribution in [0.3, 0.4) is 0 Å². The normalized spacial score (nSPS) is 12.1. The number of aromatic nitrogens is 1. The number of halogens is 1. The van der Waals surface area contributed by atoms with Crippen LogP contribution in [0.1, 0.15) is 18.5 Å². The first-order chi connectivity index (χ1) is 5.24. The SMILES string of the molecule is CC(C#N)c1cc(F)ccn1. The summed E-state index contributed by atoms with van der Waals surface area (Å²) in [6.45, 7) is 1.68. The van der Waals surface area contributed by atoms with Crippen molar-refractivity contribution < 1.29 is 4.39 Å². The van der Waals surface area contributed by atoms with Gasteiger partial charge in [-0.2, -0.15) is 5.26 Å². The highest BCUT2D eigenvalue weighted by atomic mass is 19.1. The number of hydrogen-bond donors (Lipinski definition) is 0. The van der Waals surface area contributed by atoms with E-state index in [2.05, 4.69) is 4.98 Å². The Balaban J connectivity index is 2.98. The second-order valence-corrected chi connectivity index (χ2v) is 2.25. The van der Waals surface area contributed by atoms with Crippen molar-refractivity contribution in [3.8, 4) is 6.07 Å². The van der Waals surface area contributed by atoms with Gasteiger partial charge in [-0.15, -0.1) is 0 Å². The van der Waals surface area contributed by atoms with Gasteiger partial charge in [0.25, 0.3) is 0 Å². The van der Waals surface area contributed by atoms with Crippen LogP contribution < -0.4 is 0 Å². The first-order valence-electron chi connectivity index (χ1n) is 3.25. The first-order valence-corrected chi connectivity index (χ1v) is 3.25. The lowest BCUT2D eigenvalue weighted by molar-refractivity contribution is 0.621. The van der Waals surface area contributed by atoms with E-state index in [0.29, 0.717) is 5.69 Å². The molecule has 0 fully saturated rings. The zero-order valence-corrected chi connectivity index (χ0v) is 6.08. The van der Waals surface area contributed by atoms with Crippen LogP contribution in [0.15, 0.2) is 18.3 Å². The average Bonchev–Trinajstić information content (AvgIpc) is 2.03. The van der Waals surface area contributed by atoms with Gasteiger partial charge >= 0.3 is 0 Å². The molecule has 1 aromatic rings. The van der Waals surface area contributed by atoms with Gasteiger partial charge in [0, 0.05) is 6.20 Å². The molecule has 0 amide bonds. The minimum absolute atomic E-state index is 0.342. The number of nitrogens with zero attached hydrogens (tertiary/aromatic N) is 2. The topological polar surface area (TPSA) is 36.7 Å². The maximum absolute atomic E-state index is 12.5. The summed E-state index contributed by atoms with van der Waals surface area (Å²) in [5.74, 6) is -0.692. The smallest absolute Gasteiger partial charge is 0.126 e. The summed E-state index contributed by atoms with van der Waals surface area (Å²) in [7, 11) is 0. The molecule has 0 saturated heterocycles. The summed E-state index contributed by atoms with van der Waals surface area (Å²) >= 11 is 0. The molecule has 1 atom stereocenters. The van der Waals surface area contributed by atoms with Crippen molar-refractivity contribution in [1.29, 1.82) is 5.26 Å². The van der Waals surface area contributed by atoms with Gasteiger partial charge in [-0.25, -0.2) is 4.39 Å². The van der Waals surface area contributed by atoms with E-state index in [9.17, 15) is 4.39 Å². The Hall–Kier alpha value is -1.43. The van der Waals surface area contributed by atoms with Gasteiger partial charge in [-0.05, 0) is 19.1 Å². The molecule has 11 heavy (non-hydrogen) atoms. The summed E-state index contributed by atoms with van der Waals surface area (Å²) in [6.07, 6.45) is 1.36. The number of pyridine rings is 1. The quantitative estimate of drug-likeness (QED) is 0.612. The molecule has 0 spiro atoms. The molecule has 0 bridgehead atoms. The van der Waals surface area contributed by atoms with E-state index in [4.69, 9.17) is 5.26 Å². The van der Waals surface area contributed by atoms with E-state index >= 15 is 0 Å². The lowest BCUT2D eigenvalue weighted by Gasteiger charge is -1.99. The Morgan fingerprint density at radius 2 is 2.45 bits per heavy atom. The molecule has 1 unspecified atom stereocenters. The highest BCUT2D eigenvalue weighted by Gasteiger charge is 2.04. The van der Waals surface area contributed by atoms with Gasteiger partial charge in [-0.3, -0.25) is 4.98 Å². The molecule has 1 aromatic heterocycles. The van der Waals surface area contributed by atoms with E-state index in [0.717, 1.165) is 0 Å². The minimum Gasteiger partial charge on any atom is -0.260 e. The molecule has 0 N–H and O–H groups in total. The van der Waals surface area contributed by atoms with Gasteiger partial charge in [-0.1, -0.05) is 0 Å². The maximum Gasteiger partial charge on any atom is 0.126 e. The molecule has 2 nitrogen and oxygen atoms in total. The molecule has 3 heteroatoms. The summed E-state index contributed by atoms with van der Waals surface area (Å²) in [4.78, 5) is 3.85. The summed E-state index contributed by atoms with van der Waals surface area (Å²) < 4.78 is 12.5. The predicted molar refractivity (Wildman–Crippen MR) is 38.2 cm³/mol. The van der Waals surface area contributed by atoms with E-state index in [1.165, 1.54) is 18.3 Å². The molecule has 0 aliphatic heterocycles. The Morgan fingerprint density at radius 1 is 1.73 bits per heavy atom. The highest BCUT2D eigenvalue weighted by Crippen LogP contribution is 2.10. The summed E-state index contributed by atoms with van der Waals surface area (Å²) in [5.41, 5.74) is 0.479.